The van der Waals surface area contributed by atoms with Crippen molar-refractivity contribution in [1.29, 1.82) is 0 Å². The summed E-state index contributed by atoms with van der Waals surface area (Å²) in [5, 5.41) is 53.1. The fraction of sp³-hybridized carbons (Fsp3) is 0.892. The van der Waals surface area contributed by atoms with E-state index >= 15 is 0 Å². The zero-order valence-electron chi connectivity index (χ0n) is 28.6. The van der Waals surface area contributed by atoms with E-state index < -0.39 is 37.3 Å². The molecule has 1 saturated heterocycles. The lowest BCUT2D eigenvalue weighted by molar-refractivity contribution is -0.332. The van der Waals surface area contributed by atoms with E-state index in [1.54, 1.807) is 0 Å². The molecule has 0 radical (unpaired) electrons. The molecule has 0 aromatic heterocycles. The molecule has 252 valence electrons. The summed E-state index contributed by atoms with van der Waals surface area (Å²) in [4.78, 5) is 0. The summed E-state index contributed by atoms with van der Waals surface area (Å²) in [5.41, 5.74) is 2.77. The summed E-state index contributed by atoms with van der Waals surface area (Å²) in [5.74, 6) is 1.46. The van der Waals surface area contributed by atoms with Gasteiger partial charge < -0.3 is 35.0 Å². The molecule has 0 amide bonds. The van der Waals surface area contributed by atoms with Crippen LogP contribution >= 0.6 is 0 Å². The van der Waals surface area contributed by atoms with E-state index in [0.717, 1.165) is 38.5 Å². The van der Waals surface area contributed by atoms with Crippen molar-refractivity contribution in [3.8, 4) is 0 Å². The largest absolute Gasteiger partial charge is 0.394 e. The van der Waals surface area contributed by atoms with Crippen LogP contribution in [0.5, 0.6) is 0 Å². The molecule has 5 rings (SSSR count). The molecule has 4 saturated carbocycles. The van der Waals surface area contributed by atoms with Crippen molar-refractivity contribution in [3.63, 3.8) is 0 Å². The maximum absolute atomic E-state index is 12.1. The van der Waals surface area contributed by atoms with Crippen LogP contribution in [-0.4, -0.2) is 75.1 Å². The van der Waals surface area contributed by atoms with Gasteiger partial charge in [-0.2, -0.15) is 0 Å². The lowest BCUT2D eigenvalue weighted by atomic mass is 9.33. The molecular weight excluding hydrogens is 556 g/mol. The first-order chi connectivity index (χ1) is 20.5. The van der Waals surface area contributed by atoms with Crippen LogP contribution in [0.3, 0.4) is 0 Å². The molecule has 7 heteroatoms. The fourth-order valence-electron chi connectivity index (χ4n) is 11.7. The molecule has 7 nitrogen and oxygen atoms in total. The topological polar surface area (TPSA) is 120 Å². The van der Waals surface area contributed by atoms with E-state index in [2.05, 4.69) is 67.5 Å². The van der Waals surface area contributed by atoms with Crippen LogP contribution in [0.1, 0.15) is 113 Å². The Hall–Kier alpha value is -0.800. The van der Waals surface area contributed by atoms with Gasteiger partial charge in [0.1, 0.15) is 24.4 Å². The first-order valence-electron chi connectivity index (χ1n) is 17.5. The summed E-state index contributed by atoms with van der Waals surface area (Å²) < 4.78 is 12.2. The number of hydrogen-bond acceptors (Lipinski definition) is 7. The van der Waals surface area contributed by atoms with Crippen molar-refractivity contribution in [1.82, 2.24) is 0 Å². The molecule has 4 aliphatic carbocycles. The molecule has 14 atom stereocenters. The zero-order chi connectivity index (χ0) is 32.4. The number of aliphatic hydroxyl groups excluding tert-OH is 5. The van der Waals surface area contributed by atoms with Gasteiger partial charge in [-0.1, -0.05) is 64.3 Å². The normalized spacial score (nSPS) is 50.7. The number of allylic oxidation sites excluding steroid dienone is 4. The predicted octanol–water partition coefficient (Wildman–Crippen LogP) is 5.52. The van der Waals surface area contributed by atoms with E-state index in [0.29, 0.717) is 17.8 Å². The smallest absolute Gasteiger partial charge is 0.186 e. The Morgan fingerprint density at radius 1 is 0.818 bits per heavy atom. The average Bonchev–Trinajstić information content (AvgIpc) is 2.95. The molecule has 1 heterocycles. The number of hydrogen-bond donors (Lipinski definition) is 5. The van der Waals surface area contributed by atoms with Crippen LogP contribution in [0.15, 0.2) is 23.3 Å². The van der Waals surface area contributed by atoms with Crippen LogP contribution in [0.25, 0.3) is 0 Å². The van der Waals surface area contributed by atoms with Crippen molar-refractivity contribution in [2.24, 2.45) is 45.3 Å². The minimum absolute atomic E-state index is 0.0297. The van der Waals surface area contributed by atoms with Gasteiger partial charge in [0, 0.05) is 0 Å². The highest BCUT2D eigenvalue weighted by molar-refractivity contribution is 5.21. The van der Waals surface area contributed by atoms with Gasteiger partial charge in [0.25, 0.3) is 0 Å². The SMILES string of the molecule is CC(C)=CC/C=C(/C)C1CCCC2(C)C1C(O)CC1C3(C)CCC(O[C@@H]4O[C@H](CO)[C@@H](O)[C@H](O)[C@H]4O)C(C)(C)C3CCC12C. The van der Waals surface area contributed by atoms with Gasteiger partial charge in [0.15, 0.2) is 6.29 Å². The highest BCUT2D eigenvalue weighted by Crippen LogP contribution is 2.74. The monoisotopic (exact) mass is 618 g/mol. The Morgan fingerprint density at radius 2 is 1.52 bits per heavy atom. The average molecular weight is 619 g/mol. The molecule has 0 bridgehead atoms. The minimum Gasteiger partial charge on any atom is -0.394 e. The summed E-state index contributed by atoms with van der Waals surface area (Å²) in [6.45, 7) is 18.2. The van der Waals surface area contributed by atoms with Crippen LogP contribution < -0.4 is 0 Å². The van der Waals surface area contributed by atoms with Gasteiger partial charge in [-0.3, -0.25) is 0 Å². The number of fused-ring (bicyclic) bond motifs is 5. The zero-order valence-corrected chi connectivity index (χ0v) is 28.6. The first-order valence-corrected chi connectivity index (χ1v) is 17.5. The highest BCUT2D eigenvalue weighted by atomic mass is 16.7. The molecule has 44 heavy (non-hydrogen) atoms. The standard InChI is InChI=1S/C37H62O7/c1-21(2)11-9-12-22(3)23-13-10-16-37(8)29(23)24(39)19-27-35(6)17-15-28(34(4,5)26(35)14-18-36(27,37)7)44-33-32(42)31(41)30(40)25(20-38)43-33/h11-12,23-33,38-42H,9-10,13-20H2,1-8H3/b22-12-/t23?,24?,25-,26?,27?,28?,29?,30-,31+,32-,33+,35?,36?,37?/m1/s1. The molecule has 9 unspecified atom stereocenters. The third kappa shape index (κ3) is 5.38. The van der Waals surface area contributed by atoms with Gasteiger partial charge in [-0.05, 0) is 117 Å². The second-order valence-corrected chi connectivity index (χ2v) is 17.0. The maximum Gasteiger partial charge on any atom is 0.186 e. The van der Waals surface area contributed by atoms with Crippen molar-refractivity contribution >= 4 is 0 Å². The molecule has 5 N–H and O–H groups in total. The van der Waals surface area contributed by atoms with Gasteiger partial charge >= 0.3 is 0 Å². The van der Waals surface area contributed by atoms with E-state index in [-0.39, 0.29) is 39.8 Å². The van der Waals surface area contributed by atoms with E-state index in [1.165, 1.54) is 30.4 Å². The molecule has 1 aliphatic heterocycles. The van der Waals surface area contributed by atoms with Crippen molar-refractivity contribution in [2.75, 3.05) is 6.61 Å². The maximum atomic E-state index is 12.1. The Balaban J connectivity index is 1.39. The summed E-state index contributed by atoms with van der Waals surface area (Å²) in [6, 6.07) is 0. The number of aliphatic hydroxyl groups is 5. The predicted molar refractivity (Wildman–Crippen MR) is 171 cm³/mol. The van der Waals surface area contributed by atoms with Crippen LogP contribution in [0.2, 0.25) is 0 Å². The van der Waals surface area contributed by atoms with Crippen molar-refractivity contribution in [2.45, 2.75) is 156 Å². The second-order valence-electron chi connectivity index (χ2n) is 17.0. The van der Waals surface area contributed by atoms with Crippen LogP contribution in [0.4, 0.5) is 0 Å². The van der Waals surface area contributed by atoms with Gasteiger partial charge in [0.05, 0.1) is 18.8 Å². The molecule has 5 aliphatic rings. The Bertz CT molecular complexity index is 1100. The molecule has 0 aromatic rings. The second kappa shape index (κ2) is 12.3. The Labute approximate surface area is 266 Å². The minimum atomic E-state index is -1.44. The van der Waals surface area contributed by atoms with E-state index in [4.69, 9.17) is 9.47 Å². The molecule has 0 spiro atoms. The quantitative estimate of drug-likeness (QED) is 0.196. The van der Waals surface area contributed by atoms with Crippen molar-refractivity contribution in [3.05, 3.63) is 23.3 Å². The van der Waals surface area contributed by atoms with Gasteiger partial charge in [-0.15, -0.1) is 0 Å². The number of rotatable bonds is 6. The fourth-order valence-corrected chi connectivity index (χ4v) is 11.7. The third-order valence-corrected chi connectivity index (χ3v) is 14.3. The number of ether oxygens (including phenoxy) is 2. The molecule has 5 fully saturated rings. The molecular formula is C37H62O7. The Kier molecular flexibility index (Phi) is 9.68. The van der Waals surface area contributed by atoms with Crippen LogP contribution in [-0.2, 0) is 9.47 Å². The lowest BCUT2D eigenvalue weighted by Gasteiger charge is -2.72. The summed E-state index contributed by atoms with van der Waals surface area (Å²) >= 11 is 0. The third-order valence-electron chi connectivity index (χ3n) is 14.3. The van der Waals surface area contributed by atoms with Crippen LogP contribution in [0, 0.1) is 45.3 Å². The lowest BCUT2D eigenvalue weighted by Crippen LogP contribution is -2.68. The van der Waals surface area contributed by atoms with E-state index in [9.17, 15) is 25.5 Å². The highest BCUT2D eigenvalue weighted by Gasteiger charge is 2.69. The first kappa shape index (κ1) is 34.5. The summed E-state index contributed by atoms with van der Waals surface area (Å²) in [7, 11) is 0. The van der Waals surface area contributed by atoms with Crippen molar-refractivity contribution < 1.29 is 35.0 Å². The Morgan fingerprint density at radius 3 is 2.18 bits per heavy atom. The van der Waals surface area contributed by atoms with E-state index in [1.807, 2.05) is 0 Å². The van der Waals surface area contributed by atoms with Gasteiger partial charge in [-0.25, -0.2) is 0 Å². The van der Waals surface area contributed by atoms with Gasteiger partial charge in [0.2, 0.25) is 0 Å². The summed E-state index contributed by atoms with van der Waals surface area (Å²) in [6.07, 6.45) is 7.15. The molecule has 0 aromatic carbocycles.